The zero-order chi connectivity index (χ0) is 65.6. The number of methoxy groups -OCH3 is 1. The number of aliphatic hydroxyl groups excluding tert-OH is 6. The average molecular weight is 1290 g/mol. The van der Waals surface area contributed by atoms with E-state index in [4.69, 9.17) is 58.4 Å². The third-order valence-corrected chi connectivity index (χ3v) is 15.3. The minimum Gasteiger partial charge on any atom is -0.508 e. The molecule has 5 heterocycles. The minimum absolute atomic E-state index is 0.0179. The molecule has 0 aromatic heterocycles. The van der Waals surface area contributed by atoms with Crippen molar-refractivity contribution in [2.75, 3.05) is 13.7 Å². The number of amides is 7. The number of carbonyl (C=O) groups is 8. The highest BCUT2D eigenvalue weighted by atomic mass is 35.5. The van der Waals surface area contributed by atoms with Crippen molar-refractivity contribution in [3.05, 3.63) is 135 Å². The largest absolute Gasteiger partial charge is 0.508 e. The Morgan fingerprint density at radius 1 is 0.689 bits per heavy atom. The standard InChI is InChI=1S/C59H64Cl2N8O21/c1-23(2)15-33(62)52(78)68-44-46(73)26-9-13-35(31(60)17-26)87-37-19-28-20-38(51(37)90-59-50(77)49(76)48(75)39(22-70)89-59)88-36-14-10-27(18-32(36)61)47(74)45(57(83)67-43(58(84)85)25-5-4-6-30(16-25)86-3)69-54(80)41(24-7-11-29(71)12-8-24)66-55(81)42(28)65-53(79)34(21-40(63)72)64-56(44)82/h4-14,16-20,23,33-34,39,41-50,59,70-71,73-77H,15,21-22,62H2,1-3H3,(H2,63,72)(H,64,82)(H,65,79)(H,66,81)(H,67,83)(H,68,78)(H,69,80)(H,84,85)/t33-,34+,39-,41-,42-,43+,44-,45+,46-,47-,48-,49+,50-,59+/m1/s1. The van der Waals surface area contributed by atoms with Crippen LogP contribution >= 0.6 is 23.2 Å². The molecule has 7 amide bonds. The molecule has 480 valence electrons. The highest BCUT2D eigenvalue weighted by Crippen LogP contribution is 2.48. The van der Waals surface area contributed by atoms with Crippen LogP contribution < -0.4 is 62.3 Å². The van der Waals surface area contributed by atoms with Gasteiger partial charge < -0.3 is 108 Å². The molecule has 0 radical (unpaired) electrons. The van der Waals surface area contributed by atoms with Crippen molar-refractivity contribution in [1.29, 1.82) is 0 Å². The number of carbonyl (C=O) groups excluding carboxylic acids is 7. The number of halogens is 2. The van der Waals surface area contributed by atoms with Gasteiger partial charge in [-0.1, -0.05) is 73.4 Å². The monoisotopic (exact) mass is 1290 g/mol. The second kappa shape index (κ2) is 28.7. The quantitative estimate of drug-likeness (QED) is 0.0667. The van der Waals surface area contributed by atoms with Crippen LogP contribution in [-0.2, 0) is 43.1 Å². The first-order valence-corrected chi connectivity index (χ1v) is 28.4. The topological polar surface area (TPSA) is 469 Å². The van der Waals surface area contributed by atoms with Crippen LogP contribution in [-0.4, -0.2) is 157 Å². The molecule has 5 aliphatic heterocycles. The van der Waals surface area contributed by atoms with Crippen molar-refractivity contribution in [2.45, 2.75) is 112 Å². The number of aliphatic carboxylic acids is 1. The van der Waals surface area contributed by atoms with E-state index < -0.39 is 173 Å². The van der Waals surface area contributed by atoms with Crippen LogP contribution in [0, 0.1) is 5.92 Å². The van der Waals surface area contributed by atoms with Crippen molar-refractivity contribution in [3.63, 3.8) is 0 Å². The first-order chi connectivity index (χ1) is 42.7. The van der Waals surface area contributed by atoms with E-state index in [1.54, 1.807) is 13.8 Å². The van der Waals surface area contributed by atoms with Crippen molar-refractivity contribution >= 4 is 70.5 Å². The smallest absolute Gasteiger partial charge is 0.330 e. The number of ether oxygens (including phenoxy) is 5. The number of hydrogen-bond donors (Lipinski definition) is 16. The predicted molar refractivity (Wildman–Crippen MR) is 312 cm³/mol. The Morgan fingerprint density at radius 3 is 1.83 bits per heavy atom. The third-order valence-electron chi connectivity index (χ3n) is 14.7. The number of nitrogens with one attached hydrogen (secondary N) is 6. The molecular formula is C59H64Cl2N8O21. The second-order valence-corrected chi connectivity index (χ2v) is 22.4. The molecule has 31 heteroatoms. The molecule has 5 aromatic carbocycles. The number of fused-ring (bicyclic) bond motifs is 16. The number of hydrogen-bond acceptors (Lipinski definition) is 21. The lowest BCUT2D eigenvalue weighted by Crippen LogP contribution is -2.60. The predicted octanol–water partition coefficient (Wildman–Crippen LogP) is 0.225. The van der Waals surface area contributed by atoms with E-state index in [0.29, 0.717) is 0 Å². The van der Waals surface area contributed by atoms with E-state index in [2.05, 4.69) is 31.9 Å². The number of aliphatic hydroxyl groups is 6. The molecule has 5 aromatic rings. The molecule has 1 saturated heterocycles. The van der Waals surface area contributed by atoms with Gasteiger partial charge in [-0.15, -0.1) is 0 Å². The van der Waals surface area contributed by atoms with E-state index in [1.165, 1.54) is 61.7 Å². The fraction of sp³-hybridized carbons (Fsp3) is 0.356. The van der Waals surface area contributed by atoms with Crippen LogP contribution in [0.4, 0.5) is 0 Å². The summed E-state index contributed by atoms with van der Waals surface area (Å²) < 4.78 is 30.1. The number of rotatable bonds is 15. The van der Waals surface area contributed by atoms with Gasteiger partial charge in [0.05, 0.1) is 36.2 Å². The highest BCUT2D eigenvalue weighted by molar-refractivity contribution is 6.32. The summed E-state index contributed by atoms with van der Waals surface area (Å²) in [6.45, 7) is 2.60. The van der Waals surface area contributed by atoms with E-state index in [-0.39, 0.29) is 62.6 Å². The molecule has 7 bridgehead atoms. The fourth-order valence-electron chi connectivity index (χ4n) is 9.94. The summed E-state index contributed by atoms with van der Waals surface area (Å²) >= 11 is 13.8. The van der Waals surface area contributed by atoms with Gasteiger partial charge in [-0.25, -0.2) is 4.79 Å². The second-order valence-electron chi connectivity index (χ2n) is 21.6. The number of phenols is 1. The van der Waals surface area contributed by atoms with Crippen molar-refractivity contribution < 1.29 is 103 Å². The summed E-state index contributed by atoms with van der Waals surface area (Å²) in [7, 11) is 1.31. The average Bonchev–Trinajstić information content (AvgIpc) is 0.821. The molecule has 0 unspecified atom stereocenters. The Kier molecular flexibility index (Phi) is 21.4. The lowest BCUT2D eigenvalue weighted by molar-refractivity contribution is -0.277. The lowest BCUT2D eigenvalue weighted by atomic mass is 9.97. The molecule has 0 aliphatic carbocycles. The van der Waals surface area contributed by atoms with Crippen LogP contribution in [0.25, 0.3) is 0 Å². The number of primary amides is 1. The fourth-order valence-corrected chi connectivity index (χ4v) is 10.4. The molecule has 10 rings (SSSR count). The SMILES string of the molecule is COc1cccc([C@H](NC(=O)[C@H]2NC(=O)[C@@H](c3ccc(O)cc3)NC(=O)[C@@H]3NC(=O)[C@H](CC(N)=O)NC(=O)[C@H](NC(=O)[C@H](N)CC(C)C)[C@H](O)c4ccc(c(Cl)c4)Oc4cc3cc(c4O[C@@H]3O[C@H](CO)[C@@H](O)[C@H](O)[C@H]3O)Oc3ccc(cc3Cl)[C@H]2O)C(=O)O)c1. The van der Waals surface area contributed by atoms with Gasteiger partial charge in [-0.05, 0) is 101 Å². The van der Waals surface area contributed by atoms with Crippen molar-refractivity contribution in [1.82, 2.24) is 31.9 Å². The summed E-state index contributed by atoms with van der Waals surface area (Å²) in [4.78, 5) is 114. The molecule has 5 aliphatic rings. The number of nitrogens with two attached hydrogens (primary N) is 2. The Labute approximate surface area is 521 Å². The van der Waals surface area contributed by atoms with Crippen LogP contribution in [0.5, 0.6) is 40.2 Å². The summed E-state index contributed by atoms with van der Waals surface area (Å²) in [6, 6.07) is 5.36. The van der Waals surface area contributed by atoms with Gasteiger partial charge in [0.25, 0.3) is 0 Å². The third kappa shape index (κ3) is 15.4. The Bertz CT molecular complexity index is 3550. The van der Waals surface area contributed by atoms with Crippen LogP contribution in [0.15, 0.2) is 97.1 Å². The van der Waals surface area contributed by atoms with Gasteiger partial charge in [0.1, 0.15) is 89.8 Å². The van der Waals surface area contributed by atoms with Crippen LogP contribution in [0.3, 0.4) is 0 Å². The molecule has 1 fully saturated rings. The summed E-state index contributed by atoms with van der Waals surface area (Å²) in [5.41, 5.74) is 10.8. The van der Waals surface area contributed by atoms with E-state index in [1.807, 2.05) is 0 Å². The molecule has 18 N–H and O–H groups in total. The summed E-state index contributed by atoms with van der Waals surface area (Å²) in [5, 5.41) is 102. The summed E-state index contributed by atoms with van der Waals surface area (Å²) in [6.07, 6.45) is -14.9. The number of carboxylic acids is 1. The highest BCUT2D eigenvalue weighted by Gasteiger charge is 2.46. The zero-order valence-electron chi connectivity index (χ0n) is 47.8. The van der Waals surface area contributed by atoms with E-state index >= 15 is 14.4 Å². The molecule has 0 saturated carbocycles. The van der Waals surface area contributed by atoms with Gasteiger partial charge in [-0.2, -0.15) is 0 Å². The summed E-state index contributed by atoms with van der Waals surface area (Å²) in [5.74, 6) is -13.3. The maximum Gasteiger partial charge on any atom is 0.330 e. The number of aromatic hydroxyl groups is 1. The van der Waals surface area contributed by atoms with Gasteiger partial charge >= 0.3 is 5.97 Å². The Balaban J connectivity index is 1.37. The minimum atomic E-state index is -2.25. The normalized spacial score (nSPS) is 25.3. The maximum atomic E-state index is 15.6. The zero-order valence-corrected chi connectivity index (χ0v) is 49.3. The van der Waals surface area contributed by atoms with Gasteiger partial charge in [0.15, 0.2) is 17.5 Å². The first kappa shape index (κ1) is 67.1. The maximum absolute atomic E-state index is 15.6. The van der Waals surface area contributed by atoms with Crippen molar-refractivity contribution in [2.24, 2.45) is 17.4 Å². The first-order valence-electron chi connectivity index (χ1n) is 27.6. The Morgan fingerprint density at radius 2 is 1.27 bits per heavy atom. The van der Waals surface area contributed by atoms with Crippen LogP contribution in [0.1, 0.15) is 84.8 Å². The molecule has 0 spiro atoms. The molecular weight excluding hydrogens is 1230 g/mol. The van der Waals surface area contributed by atoms with E-state index in [9.17, 15) is 64.8 Å². The molecule has 90 heavy (non-hydrogen) atoms. The lowest BCUT2D eigenvalue weighted by Gasteiger charge is -2.39. The number of phenolic OH excluding ortho intramolecular Hbond substituents is 1. The van der Waals surface area contributed by atoms with E-state index in [0.717, 1.165) is 42.5 Å². The van der Waals surface area contributed by atoms with Gasteiger partial charge in [-0.3, -0.25) is 33.6 Å². The van der Waals surface area contributed by atoms with Crippen LogP contribution in [0.2, 0.25) is 10.0 Å². The Hall–Kier alpha value is -8.88. The molecule has 29 nitrogen and oxygen atoms in total. The molecule has 14 atom stereocenters. The number of benzene rings is 5. The van der Waals surface area contributed by atoms with Gasteiger partial charge in [0, 0.05) is 0 Å². The number of carboxylic acid groups (broad SMARTS) is 1. The van der Waals surface area contributed by atoms with Crippen molar-refractivity contribution in [3.8, 4) is 40.2 Å². The van der Waals surface area contributed by atoms with Gasteiger partial charge in [0.2, 0.25) is 53.4 Å².